The number of carbonyl (C=O) groups excluding carboxylic acids is 2. The third-order valence-corrected chi connectivity index (χ3v) is 8.08. The van der Waals surface area contributed by atoms with Crippen molar-refractivity contribution in [1.29, 1.82) is 0 Å². The summed E-state index contributed by atoms with van der Waals surface area (Å²) in [6.07, 6.45) is 0.882. The van der Waals surface area contributed by atoms with E-state index >= 15 is 0 Å². The van der Waals surface area contributed by atoms with E-state index in [1.165, 1.54) is 21.8 Å². The Labute approximate surface area is 225 Å². The van der Waals surface area contributed by atoms with Gasteiger partial charge >= 0.3 is 0 Å². The lowest BCUT2D eigenvalue weighted by Gasteiger charge is -2.24. The quantitative estimate of drug-likeness (QED) is 0.221. The van der Waals surface area contributed by atoms with E-state index in [2.05, 4.69) is 28.9 Å². The lowest BCUT2D eigenvalue weighted by molar-refractivity contribution is -0.117. The Hall–Kier alpha value is -3.75. The molecular formula is C29H21BrN2O4S. The van der Waals surface area contributed by atoms with E-state index < -0.39 is 23.5 Å². The fourth-order valence-electron chi connectivity index (χ4n) is 4.73. The number of hydrogen-bond acceptors (Lipinski definition) is 6. The molecule has 1 aliphatic rings. The van der Waals surface area contributed by atoms with Crippen LogP contribution in [-0.4, -0.2) is 21.8 Å². The Bertz CT molecular complexity index is 1770. The maximum absolute atomic E-state index is 13.8. The van der Waals surface area contributed by atoms with E-state index in [4.69, 9.17) is 9.40 Å². The van der Waals surface area contributed by atoms with Gasteiger partial charge in [0.15, 0.2) is 16.7 Å². The number of aryl methyl sites for hydroxylation is 2. The predicted molar refractivity (Wildman–Crippen MR) is 148 cm³/mol. The number of aromatic nitrogens is 1. The number of furan rings is 1. The van der Waals surface area contributed by atoms with E-state index in [9.17, 15) is 14.7 Å². The Morgan fingerprint density at radius 3 is 2.76 bits per heavy atom. The lowest BCUT2D eigenvalue weighted by Crippen LogP contribution is -2.31. The number of rotatable bonds is 5. The van der Waals surface area contributed by atoms with Gasteiger partial charge in [-0.25, -0.2) is 4.98 Å². The summed E-state index contributed by atoms with van der Waals surface area (Å²) in [5.41, 5.74) is 4.11. The third kappa shape index (κ3) is 3.97. The Balaban J connectivity index is 1.50. The first-order valence-electron chi connectivity index (χ1n) is 11.8. The van der Waals surface area contributed by atoms with Crippen LogP contribution in [0.2, 0.25) is 0 Å². The normalized spacial score (nSPS) is 15.9. The number of aliphatic hydroxyl groups excluding tert-OH is 1. The number of halogens is 1. The molecule has 1 aliphatic heterocycles. The highest BCUT2D eigenvalue weighted by Crippen LogP contribution is 2.44. The van der Waals surface area contributed by atoms with Crippen molar-refractivity contribution in [2.45, 2.75) is 26.3 Å². The number of fused-ring (bicyclic) bond motifs is 2. The summed E-state index contributed by atoms with van der Waals surface area (Å²) in [7, 11) is 0. The average molecular weight is 573 g/mol. The van der Waals surface area contributed by atoms with Crippen molar-refractivity contribution in [1.82, 2.24) is 4.98 Å². The molecule has 1 amide bonds. The summed E-state index contributed by atoms with van der Waals surface area (Å²) < 4.78 is 7.63. The van der Waals surface area contributed by atoms with Gasteiger partial charge in [-0.1, -0.05) is 70.1 Å². The first kappa shape index (κ1) is 23.6. The van der Waals surface area contributed by atoms with Crippen LogP contribution < -0.4 is 4.90 Å². The molecule has 0 fully saturated rings. The van der Waals surface area contributed by atoms with Crippen LogP contribution in [0.3, 0.4) is 0 Å². The van der Waals surface area contributed by atoms with Gasteiger partial charge in [-0.15, -0.1) is 0 Å². The van der Waals surface area contributed by atoms with Crippen LogP contribution >= 0.6 is 27.3 Å². The van der Waals surface area contributed by atoms with Crippen LogP contribution in [0.15, 0.2) is 87.0 Å². The van der Waals surface area contributed by atoms with Crippen molar-refractivity contribution in [3.63, 3.8) is 0 Å². The maximum atomic E-state index is 13.8. The molecule has 0 saturated heterocycles. The van der Waals surface area contributed by atoms with Crippen molar-refractivity contribution >= 4 is 65.3 Å². The number of carbonyl (C=O) groups is 2. The zero-order valence-corrected chi connectivity index (χ0v) is 22.4. The summed E-state index contributed by atoms with van der Waals surface area (Å²) in [6.45, 7) is 4.02. The summed E-state index contributed by atoms with van der Waals surface area (Å²) in [5, 5.41) is 12.3. The number of aliphatic hydroxyl groups is 1. The minimum atomic E-state index is -0.856. The second-order valence-electron chi connectivity index (χ2n) is 9.03. The molecule has 37 heavy (non-hydrogen) atoms. The minimum absolute atomic E-state index is 0.0257. The fraction of sp³-hybridized carbons (Fsp3) is 0.138. The molecule has 0 radical (unpaired) electrons. The van der Waals surface area contributed by atoms with E-state index in [-0.39, 0.29) is 11.3 Å². The van der Waals surface area contributed by atoms with E-state index in [1.54, 1.807) is 12.1 Å². The van der Waals surface area contributed by atoms with Gasteiger partial charge in [0.1, 0.15) is 5.58 Å². The van der Waals surface area contributed by atoms with Crippen molar-refractivity contribution in [3.05, 3.63) is 105 Å². The second kappa shape index (κ2) is 8.97. The van der Waals surface area contributed by atoms with Gasteiger partial charge in [0.05, 0.1) is 21.8 Å². The Morgan fingerprint density at radius 2 is 1.97 bits per heavy atom. The number of Topliss-reactive ketones (excluding diaryl/α,β-unsaturated/α-hetero) is 1. The van der Waals surface area contributed by atoms with Crippen molar-refractivity contribution < 1.29 is 19.1 Å². The molecule has 184 valence electrons. The maximum Gasteiger partial charge on any atom is 0.296 e. The number of nitrogens with zero attached hydrogens (tertiary/aromatic N) is 2. The van der Waals surface area contributed by atoms with Gasteiger partial charge in [0.2, 0.25) is 5.78 Å². The molecule has 8 heteroatoms. The second-order valence-corrected chi connectivity index (χ2v) is 11.0. The molecule has 0 spiro atoms. The Morgan fingerprint density at radius 1 is 1.14 bits per heavy atom. The highest BCUT2D eigenvalue weighted by Gasteiger charge is 2.46. The topological polar surface area (TPSA) is 83.6 Å². The monoisotopic (exact) mass is 572 g/mol. The standard InChI is InChI=1S/C29H21BrN2O4S/c1-3-16-7-9-20-23(12-16)37-29(31-20)32-25(17-6-4-5-15(2)11-17)24(27(34)28(32)35)26(33)22-14-18-13-19(30)8-10-21(18)36-22/h4-14,25,34H,3H2,1-2H3. The summed E-state index contributed by atoms with van der Waals surface area (Å²) in [6, 6.07) is 19.8. The molecule has 0 bridgehead atoms. The first-order chi connectivity index (χ1) is 17.8. The number of benzene rings is 3. The van der Waals surface area contributed by atoms with Crippen molar-refractivity contribution in [2.75, 3.05) is 4.90 Å². The first-order valence-corrected chi connectivity index (χ1v) is 13.4. The molecule has 1 unspecified atom stereocenters. The highest BCUT2D eigenvalue weighted by atomic mass is 79.9. The van der Waals surface area contributed by atoms with Gasteiger partial charge in [0.25, 0.3) is 5.91 Å². The van der Waals surface area contributed by atoms with Crippen LogP contribution in [0.25, 0.3) is 21.2 Å². The van der Waals surface area contributed by atoms with Crippen LogP contribution in [0.4, 0.5) is 5.13 Å². The number of anilines is 1. The van der Waals surface area contributed by atoms with E-state index in [0.29, 0.717) is 16.3 Å². The van der Waals surface area contributed by atoms with Crippen molar-refractivity contribution in [3.8, 4) is 0 Å². The Kier molecular flexibility index (Phi) is 5.73. The molecule has 6 rings (SSSR count). The van der Waals surface area contributed by atoms with Gasteiger partial charge in [-0.3, -0.25) is 14.5 Å². The van der Waals surface area contributed by atoms with E-state index in [1.807, 2.05) is 55.5 Å². The molecule has 1 atom stereocenters. The molecule has 3 aromatic carbocycles. The summed E-state index contributed by atoms with van der Waals surface area (Å²) in [5.74, 6) is -1.74. The molecule has 3 heterocycles. The smallest absolute Gasteiger partial charge is 0.296 e. The minimum Gasteiger partial charge on any atom is -0.503 e. The molecule has 5 aromatic rings. The predicted octanol–water partition coefficient (Wildman–Crippen LogP) is 7.46. The zero-order valence-electron chi connectivity index (χ0n) is 20.0. The number of amides is 1. The number of ketones is 1. The van der Waals surface area contributed by atoms with Gasteiger partial charge < -0.3 is 9.52 Å². The SMILES string of the molecule is CCc1ccc2nc(N3C(=O)C(O)=C(C(=O)c4cc5cc(Br)ccc5o4)C3c3cccc(C)c3)sc2c1. The lowest BCUT2D eigenvalue weighted by atomic mass is 9.94. The molecular weight excluding hydrogens is 552 g/mol. The summed E-state index contributed by atoms with van der Waals surface area (Å²) in [4.78, 5) is 33.5. The van der Waals surface area contributed by atoms with Crippen LogP contribution in [-0.2, 0) is 11.2 Å². The highest BCUT2D eigenvalue weighted by molar-refractivity contribution is 9.10. The largest absolute Gasteiger partial charge is 0.503 e. The average Bonchev–Trinajstić information content (AvgIpc) is 3.57. The van der Waals surface area contributed by atoms with E-state index in [0.717, 1.165) is 32.1 Å². The fourth-order valence-corrected chi connectivity index (χ4v) is 6.16. The molecule has 6 nitrogen and oxygen atoms in total. The third-order valence-electron chi connectivity index (χ3n) is 6.57. The van der Waals surface area contributed by atoms with Crippen molar-refractivity contribution in [2.24, 2.45) is 0 Å². The molecule has 2 aromatic heterocycles. The summed E-state index contributed by atoms with van der Waals surface area (Å²) >= 11 is 4.80. The zero-order chi connectivity index (χ0) is 25.8. The van der Waals surface area contributed by atoms with Gasteiger partial charge in [0, 0.05) is 9.86 Å². The molecule has 0 saturated carbocycles. The molecule has 0 aliphatic carbocycles. The van der Waals surface area contributed by atoms with Crippen LogP contribution in [0.5, 0.6) is 0 Å². The van der Waals surface area contributed by atoms with Gasteiger partial charge in [-0.2, -0.15) is 0 Å². The number of thiazole rings is 1. The van der Waals surface area contributed by atoms with Crippen LogP contribution in [0.1, 0.15) is 40.2 Å². The number of hydrogen-bond donors (Lipinski definition) is 1. The van der Waals surface area contributed by atoms with Gasteiger partial charge in [-0.05, 0) is 60.9 Å². The van der Waals surface area contributed by atoms with Crippen LogP contribution in [0, 0.1) is 6.92 Å². The molecule has 1 N–H and O–H groups in total.